The van der Waals surface area contributed by atoms with E-state index < -0.39 is 11.0 Å². The van der Waals surface area contributed by atoms with Crippen molar-refractivity contribution in [1.29, 1.82) is 0 Å². The van der Waals surface area contributed by atoms with Crippen LogP contribution in [0.5, 0.6) is 0 Å². The number of nitro groups is 1. The lowest BCUT2D eigenvalue weighted by Gasteiger charge is -2.09. The molecule has 0 radical (unpaired) electrons. The Kier molecular flexibility index (Phi) is 2.68. The van der Waals surface area contributed by atoms with Gasteiger partial charge in [0.1, 0.15) is 0 Å². The monoisotopic (exact) mass is 207 g/mol. The van der Waals surface area contributed by atoms with Crippen LogP contribution < -0.4 is 0 Å². The van der Waals surface area contributed by atoms with E-state index in [1.165, 1.54) is 25.0 Å². The number of non-ortho nitro benzene ring substituents is 1. The quantitative estimate of drug-likeness (QED) is 0.609. The van der Waals surface area contributed by atoms with Crippen molar-refractivity contribution in [2.24, 2.45) is 5.92 Å². The largest absolute Gasteiger partial charge is 0.388 e. The summed E-state index contributed by atoms with van der Waals surface area (Å²) in [4.78, 5) is 9.98. The minimum Gasteiger partial charge on any atom is -0.388 e. The number of rotatable bonds is 4. The molecule has 0 heterocycles. The first-order valence-corrected chi connectivity index (χ1v) is 5.09. The molecule has 0 saturated heterocycles. The van der Waals surface area contributed by atoms with Crippen molar-refractivity contribution in [2.75, 3.05) is 0 Å². The second kappa shape index (κ2) is 3.98. The number of hydrogen-bond donors (Lipinski definition) is 1. The maximum absolute atomic E-state index is 10.4. The first-order valence-electron chi connectivity index (χ1n) is 5.09. The van der Waals surface area contributed by atoms with E-state index in [1.807, 2.05) is 0 Å². The van der Waals surface area contributed by atoms with Gasteiger partial charge >= 0.3 is 0 Å². The molecule has 1 aromatic carbocycles. The number of nitrogens with zero attached hydrogens (tertiary/aromatic N) is 1. The lowest BCUT2D eigenvalue weighted by molar-refractivity contribution is -0.384. The molecule has 80 valence electrons. The van der Waals surface area contributed by atoms with Crippen LogP contribution >= 0.6 is 0 Å². The molecule has 1 fully saturated rings. The average Bonchev–Trinajstić information content (AvgIpc) is 3.02. The fourth-order valence-corrected chi connectivity index (χ4v) is 1.62. The van der Waals surface area contributed by atoms with Crippen molar-refractivity contribution >= 4 is 5.69 Å². The Balaban J connectivity index is 2.04. The zero-order valence-electron chi connectivity index (χ0n) is 8.30. The molecule has 4 nitrogen and oxygen atoms in total. The molecule has 0 bridgehead atoms. The van der Waals surface area contributed by atoms with Gasteiger partial charge in [0, 0.05) is 12.1 Å². The second-order valence-electron chi connectivity index (χ2n) is 4.04. The summed E-state index contributed by atoms with van der Waals surface area (Å²) >= 11 is 0. The zero-order chi connectivity index (χ0) is 10.8. The average molecular weight is 207 g/mol. The SMILES string of the molecule is O=[N+]([O-])c1ccc([C@H](O)CC2CC2)cc1. The molecule has 0 aromatic heterocycles. The van der Waals surface area contributed by atoms with Gasteiger partial charge < -0.3 is 5.11 Å². The van der Waals surface area contributed by atoms with Crippen LogP contribution in [0.25, 0.3) is 0 Å². The van der Waals surface area contributed by atoms with Gasteiger partial charge in [0.15, 0.2) is 0 Å². The van der Waals surface area contributed by atoms with Crippen LogP contribution in [0.1, 0.15) is 30.9 Å². The van der Waals surface area contributed by atoms with E-state index in [0.29, 0.717) is 5.92 Å². The Labute approximate surface area is 87.7 Å². The second-order valence-corrected chi connectivity index (χ2v) is 4.04. The zero-order valence-corrected chi connectivity index (χ0v) is 8.30. The van der Waals surface area contributed by atoms with E-state index in [-0.39, 0.29) is 5.69 Å². The van der Waals surface area contributed by atoms with E-state index in [2.05, 4.69) is 0 Å². The Morgan fingerprint density at radius 2 is 2.00 bits per heavy atom. The maximum Gasteiger partial charge on any atom is 0.269 e. The van der Waals surface area contributed by atoms with Gasteiger partial charge in [-0.05, 0) is 30.0 Å². The molecule has 1 aliphatic rings. The van der Waals surface area contributed by atoms with Crippen LogP contribution in [-0.4, -0.2) is 10.0 Å². The van der Waals surface area contributed by atoms with Crippen molar-refractivity contribution in [3.8, 4) is 0 Å². The van der Waals surface area contributed by atoms with Crippen molar-refractivity contribution < 1.29 is 10.0 Å². The topological polar surface area (TPSA) is 63.4 Å². The van der Waals surface area contributed by atoms with E-state index >= 15 is 0 Å². The Morgan fingerprint density at radius 1 is 1.40 bits per heavy atom. The summed E-state index contributed by atoms with van der Waals surface area (Å²) in [6, 6.07) is 6.13. The molecule has 1 saturated carbocycles. The van der Waals surface area contributed by atoms with Gasteiger partial charge in [-0.25, -0.2) is 0 Å². The van der Waals surface area contributed by atoms with Crippen LogP contribution in [0.3, 0.4) is 0 Å². The van der Waals surface area contributed by atoms with Gasteiger partial charge in [0.25, 0.3) is 5.69 Å². The Bertz CT molecular complexity index is 357. The molecule has 1 N–H and O–H groups in total. The van der Waals surface area contributed by atoms with Gasteiger partial charge in [0.05, 0.1) is 11.0 Å². The van der Waals surface area contributed by atoms with Crippen molar-refractivity contribution in [1.82, 2.24) is 0 Å². The van der Waals surface area contributed by atoms with Gasteiger partial charge in [-0.15, -0.1) is 0 Å². The van der Waals surface area contributed by atoms with Crippen molar-refractivity contribution in [3.05, 3.63) is 39.9 Å². The molecule has 1 aliphatic carbocycles. The molecule has 0 spiro atoms. The summed E-state index contributed by atoms with van der Waals surface area (Å²) in [5.41, 5.74) is 0.838. The predicted molar refractivity (Wildman–Crippen MR) is 55.4 cm³/mol. The number of aliphatic hydroxyl groups is 1. The summed E-state index contributed by atoms with van der Waals surface area (Å²) in [7, 11) is 0. The third-order valence-corrected chi connectivity index (χ3v) is 2.74. The normalized spacial score (nSPS) is 17.4. The fourth-order valence-electron chi connectivity index (χ4n) is 1.62. The lowest BCUT2D eigenvalue weighted by atomic mass is 10.0. The smallest absolute Gasteiger partial charge is 0.269 e. The molecule has 15 heavy (non-hydrogen) atoms. The van der Waals surface area contributed by atoms with Gasteiger partial charge in [0.2, 0.25) is 0 Å². The molecule has 4 heteroatoms. The summed E-state index contributed by atoms with van der Waals surface area (Å²) in [6.07, 6.45) is 2.70. The maximum atomic E-state index is 10.4. The minimum atomic E-state index is -0.474. The highest BCUT2D eigenvalue weighted by molar-refractivity contribution is 5.33. The van der Waals surface area contributed by atoms with Crippen LogP contribution in [0.15, 0.2) is 24.3 Å². The van der Waals surface area contributed by atoms with E-state index in [4.69, 9.17) is 0 Å². The Hall–Kier alpha value is -1.42. The number of benzene rings is 1. The van der Waals surface area contributed by atoms with Crippen LogP contribution in [-0.2, 0) is 0 Å². The summed E-state index contributed by atoms with van der Waals surface area (Å²) in [5.74, 6) is 0.648. The standard InChI is InChI=1S/C11H13NO3/c13-11(7-8-1-2-8)9-3-5-10(6-4-9)12(14)15/h3-6,8,11,13H,1-2,7H2/t11-/m1/s1. The fraction of sp³-hybridized carbons (Fsp3) is 0.455. The van der Waals surface area contributed by atoms with Gasteiger partial charge in [-0.1, -0.05) is 12.8 Å². The first kappa shape index (κ1) is 10.1. The molecular weight excluding hydrogens is 194 g/mol. The first-order chi connectivity index (χ1) is 7.16. The van der Waals surface area contributed by atoms with Crippen LogP contribution in [0, 0.1) is 16.0 Å². The highest BCUT2D eigenvalue weighted by Gasteiger charge is 2.25. The number of nitro benzene ring substituents is 1. The Morgan fingerprint density at radius 3 is 2.47 bits per heavy atom. The molecule has 1 aromatic rings. The van der Waals surface area contributed by atoms with Crippen molar-refractivity contribution in [2.45, 2.75) is 25.4 Å². The molecule has 0 unspecified atom stereocenters. The van der Waals surface area contributed by atoms with Gasteiger partial charge in [-0.2, -0.15) is 0 Å². The summed E-state index contributed by atoms with van der Waals surface area (Å²) < 4.78 is 0. The molecule has 0 aliphatic heterocycles. The third-order valence-electron chi connectivity index (χ3n) is 2.74. The predicted octanol–water partition coefficient (Wildman–Crippen LogP) is 2.43. The van der Waals surface area contributed by atoms with Gasteiger partial charge in [-0.3, -0.25) is 10.1 Å². The van der Waals surface area contributed by atoms with E-state index in [9.17, 15) is 15.2 Å². The van der Waals surface area contributed by atoms with Crippen LogP contribution in [0.2, 0.25) is 0 Å². The molecule has 2 rings (SSSR count). The third kappa shape index (κ3) is 2.53. The minimum absolute atomic E-state index is 0.0670. The highest BCUT2D eigenvalue weighted by Crippen LogP contribution is 2.37. The van der Waals surface area contributed by atoms with E-state index in [0.717, 1.165) is 12.0 Å². The number of aliphatic hydroxyl groups excluding tert-OH is 1. The van der Waals surface area contributed by atoms with E-state index in [1.54, 1.807) is 12.1 Å². The van der Waals surface area contributed by atoms with Crippen LogP contribution in [0.4, 0.5) is 5.69 Å². The summed E-state index contributed by atoms with van der Waals surface area (Å²) in [6.45, 7) is 0. The highest BCUT2D eigenvalue weighted by atomic mass is 16.6. The van der Waals surface area contributed by atoms with Crippen molar-refractivity contribution in [3.63, 3.8) is 0 Å². The lowest BCUT2D eigenvalue weighted by Crippen LogP contribution is -1.98. The number of hydrogen-bond acceptors (Lipinski definition) is 3. The summed E-state index contributed by atoms with van der Waals surface area (Å²) in [5, 5.41) is 20.2. The molecule has 1 atom stereocenters. The molecular formula is C11H13NO3. The molecule has 0 amide bonds.